The fourth-order valence-corrected chi connectivity index (χ4v) is 3.58. The van der Waals surface area contributed by atoms with Crippen molar-refractivity contribution in [3.05, 3.63) is 58.6 Å². The SMILES string of the molecule is CCNC(=NCc1ccc(N2CCOCC2)cc1)NCCc1ccc(OC)cc1Cl.I. The number of aliphatic imine (C=N–C) groups is 1. The van der Waals surface area contributed by atoms with Gasteiger partial charge in [-0.2, -0.15) is 0 Å². The molecule has 1 heterocycles. The second-order valence-corrected chi connectivity index (χ2v) is 7.50. The van der Waals surface area contributed by atoms with Crippen LogP contribution in [0, 0.1) is 0 Å². The van der Waals surface area contributed by atoms with Crippen LogP contribution >= 0.6 is 35.6 Å². The molecule has 0 spiro atoms. The van der Waals surface area contributed by atoms with Gasteiger partial charge in [0.1, 0.15) is 5.75 Å². The highest BCUT2D eigenvalue weighted by atomic mass is 127. The number of methoxy groups -OCH3 is 1. The summed E-state index contributed by atoms with van der Waals surface area (Å²) in [6.07, 6.45) is 0.807. The third kappa shape index (κ3) is 8.05. The first-order valence-electron chi connectivity index (χ1n) is 10.5. The van der Waals surface area contributed by atoms with E-state index >= 15 is 0 Å². The van der Waals surface area contributed by atoms with Gasteiger partial charge in [-0.1, -0.05) is 29.8 Å². The Labute approximate surface area is 207 Å². The van der Waals surface area contributed by atoms with Crippen LogP contribution in [0.25, 0.3) is 0 Å². The summed E-state index contributed by atoms with van der Waals surface area (Å²) < 4.78 is 10.6. The van der Waals surface area contributed by atoms with Crippen LogP contribution in [0.5, 0.6) is 5.75 Å². The highest BCUT2D eigenvalue weighted by Gasteiger charge is 2.10. The molecule has 2 aromatic carbocycles. The van der Waals surface area contributed by atoms with Gasteiger partial charge in [-0.05, 0) is 48.7 Å². The molecule has 0 unspecified atom stereocenters. The van der Waals surface area contributed by atoms with E-state index in [9.17, 15) is 0 Å². The lowest BCUT2D eigenvalue weighted by Gasteiger charge is -2.28. The molecular formula is C23H32ClIN4O2. The van der Waals surface area contributed by atoms with E-state index in [1.54, 1.807) is 7.11 Å². The molecule has 170 valence electrons. The quantitative estimate of drug-likeness (QED) is 0.290. The number of guanidine groups is 1. The first kappa shape index (κ1) is 25.5. The van der Waals surface area contributed by atoms with Crippen molar-refractivity contribution in [2.24, 2.45) is 4.99 Å². The maximum Gasteiger partial charge on any atom is 0.191 e. The van der Waals surface area contributed by atoms with Crippen LogP contribution in [0.15, 0.2) is 47.5 Å². The van der Waals surface area contributed by atoms with Gasteiger partial charge in [-0.25, -0.2) is 4.99 Å². The molecular weight excluding hydrogens is 527 g/mol. The van der Waals surface area contributed by atoms with Gasteiger partial charge >= 0.3 is 0 Å². The number of benzene rings is 2. The second-order valence-electron chi connectivity index (χ2n) is 7.10. The Morgan fingerprint density at radius 1 is 1.13 bits per heavy atom. The van der Waals surface area contributed by atoms with E-state index in [-0.39, 0.29) is 24.0 Å². The van der Waals surface area contributed by atoms with Crippen molar-refractivity contribution in [2.45, 2.75) is 19.9 Å². The Hall–Kier alpha value is -1.71. The lowest BCUT2D eigenvalue weighted by molar-refractivity contribution is 0.122. The summed E-state index contributed by atoms with van der Waals surface area (Å²) in [7, 11) is 1.64. The Kier molecular flexibility index (Phi) is 11.2. The standard InChI is InChI=1S/C23H31ClN4O2.HI/c1-3-25-23(26-11-10-19-6-9-21(29-2)16-22(19)24)27-17-18-4-7-20(8-5-18)28-12-14-30-15-13-28;/h4-9,16H,3,10-15,17H2,1-2H3,(H2,25,26,27);1H. The maximum absolute atomic E-state index is 6.33. The Morgan fingerprint density at radius 3 is 2.52 bits per heavy atom. The van der Waals surface area contributed by atoms with E-state index in [1.807, 2.05) is 18.2 Å². The van der Waals surface area contributed by atoms with Crippen molar-refractivity contribution in [3.63, 3.8) is 0 Å². The predicted molar refractivity (Wildman–Crippen MR) is 139 cm³/mol. The van der Waals surface area contributed by atoms with Gasteiger partial charge in [0, 0.05) is 36.9 Å². The number of halogens is 2. The molecule has 1 aliphatic rings. The average molecular weight is 559 g/mol. The summed E-state index contributed by atoms with van der Waals surface area (Å²) in [5.41, 5.74) is 3.51. The van der Waals surface area contributed by atoms with E-state index in [0.717, 1.165) is 68.1 Å². The number of morpholine rings is 1. The van der Waals surface area contributed by atoms with Crippen molar-refractivity contribution in [2.75, 3.05) is 51.4 Å². The van der Waals surface area contributed by atoms with Crippen LogP contribution in [0.1, 0.15) is 18.1 Å². The minimum Gasteiger partial charge on any atom is -0.497 e. The zero-order valence-corrected chi connectivity index (χ0v) is 21.3. The summed E-state index contributed by atoms with van der Waals surface area (Å²) in [6, 6.07) is 14.4. The van der Waals surface area contributed by atoms with E-state index in [2.05, 4.69) is 46.7 Å². The molecule has 0 amide bonds. The molecule has 1 aliphatic heterocycles. The smallest absolute Gasteiger partial charge is 0.191 e. The summed E-state index contributed by atoms with van der Waals surface area (Å²) in [4.78, 5) is 7.07. The van der Waals surface area contributed by atoms with Crippen LogP contribution in [0.4, 0.5) is 5.69 Å². The molecule has 3 rings (SSSR count). The lowest BCUT2D eigenvalue weighted by atomic mass is 10.1. The highest BCUT2D eigenvalue weighted by Crippen LogP contribution is 2.22. The fraction of sp³-hybridized carbons (Fsp3) is 0.435. The molecule has 0 bridgehead atoms. The van der Waals surface area contributed by atoms with Crippen LogP contribution < -0.4 is 20.3 Å². The first-order chi connectivity index (χ1) is 14.7. The molecule has 1 saturated heterocycles. The number of anilines is 1. The molecule has 0 aliphatic carbocycles. The summed E-state index contributed by atoms with van der Waals surface area (Å²) in [6.45, 7) is 7.74. The van der Waals surface area contributed by atoms with Crippen molar-refractivity contribution in [3.8, 4) is 5.75 Å². The summed E-state index contributed by atoms with van der Waals surface area (Å²) >= 11 is 6.33. The Balaban J connectivity index is 0.00000341. The van der Waals surface area contributed by atoms with Crippen molar-refractivity contribution >= 4 is 47.2 Å². The van der Waals surface area contributed by atoms with Crippen molar-refractivity contribution < 1.29 is 9.47 Å². The summed E-state index contributed by atoms with van der Waals surface area (Å²) in [5.74, 6) is 1.57. The lowest BCUT2D eigenvalue weighted by Crippen LogP contribution is -2.38. The number of hydrogen-bond acceptors (Lipinski definition) is 4. The fourth-order valence-electron chi connectivity index (χ4n) is 3.32. The van der Waals surface area contributed by atoms with E-state index in [4.69, 9.17) is 26.1 Å². The largest absolute Gasteiger partial charge is 0.497 e. The van der Waals surface area contributed by atoms with Crippen molar-refractivity contribution in [1.29, 1.82) is 0 Å². The topological polar surface area (TPSA) is 58.1 Å². The zero-order chi connectivity index (χ0) is 21.2. The van der Waals surface area contributed by atoms with Gasteiger partial charge in [0.2, 0.25) is 0 Å². The molecule has 0 radical (unpaired) electrons. The predicted octanol–water partition coefficient (Wildman–Crippen LogP) is 4.10. The highest BCUT2D eigenvalue weighted by molar-refractivity contribution is 14.0. The van der Waals surface area contributed by atoms with Gasteiger partial charge in [0.25, 0.3) is 0 Å². The number of hydrogen-bond donors (Lipinski definition) is 2. The molecule has 0 saturated carbocycles. The molecule has 31 heavy (non-hydrogen) atoms. The molecule has 2 aromatic rings. The zero-order valence-electron chi connectivity index (χ0n) is 18.2. The van der Waals surface area contributed by atoms with Crippen LogP contribution in [0.3, 0.4) is 0 Å². The van der Waals surface area contributed by atoms with E-state index in [0.29, 0.717) is 6.54 Å². The Morgan fingerprint density at radius 2 is 1.87 bits per heavy atom. The van der Waals surface area contributed by atoms with Gasteiger partial charge in [0.15, 0.2) is 5.96 Å². The minimum absolute atomic E-state index is 0. The van der Waals surface area contributed by atoms with Crippen LogP contribution in [0.2, 0.25) is 5.02 Å². The number of ether oxygens (including phenoxy) is 2. The van der Waals surface area contributed by atoms with E-state index < -0.39 is 0 Å². The average Bonchev–Trinajstić information content (AvgIpc) is 2.79. The van der Waals surface area contributed by atoms with Gasteiger partial charge in [0.05, 0.1) is 26.9 Å². The van der Waals surface area contributed by atoms with Crippen LogP contribution in [-0.2, 0) is 17.7 Å². The third-order valence-electron chi connectivity index (χ3n) is 5.02. The molecule has 0 aromatic heterocycles. The number of nitrogens with one attached hydrogen (secondary N) is 2. The number of nitrogens with zero attached hydrogens (tertiary/aromatic N) is 2. The molecule has 6 nitrogen and oxygen atoms in total. The van der Waals surface area contributed by atoms with Gasteiger partial charge < -0.3 is 25.0 Å². The monoisotopic (exact) mass is 558 g/mol. The number of rotatable bonds is 8. The Bertz CT molecular complexity index is 827. The molecule has 8 heteroatoms. The van der Waals surface area contributed by atoms with Crippen LogP contribution in [-0.4, -0.2) is 52.5 Å². The van der Waals surface area contributed by atoms with Gasteiger partial charge in [-0.3, -0.25) is 0 Å². The van der Waals surface area contributed by atoms with Crippen molar-refractivity contribution in [1.82, 2.24) is 10.6 Å². The third-order valence-corrected chi connectivity index (χ3v) is 5.38. The molecule has 0 atom stereocenters. The van der Waals surface area contributed by atoms with Gasteiger partial charge in [-0.15, -0.1) is 24.0 Å². The minimum atomic E-state index is 0. The molecule has 1 fully saturated rings. The maximum atomic E-state index is 6.33. The second kappa shape index (κ2) is 13.6. The first-order valence-corrected chi connectivity index (χ1v) is 10.8. The normalized spacial score (nSPS) is 14.0. The summed E-state index contributed by atoms with van der Waals surface area (Å²) in [5, 5.41) is 7.40. The van der Waals surface area contributed by atoms with E-state index in [1.165, 1.54) is 11.3 Å². The molecule has 2 N–H and O–H groups in total.